The van der Waals surface area contributed by atoms with Gasteiger partial charge in [0.2, 0.25) is 0 Å². The molecule has 4 N–H and O–H groups in total. The molecule has 2 fully saturated rings. The molecule has 2 saturated heterocycles. The SMILES string of the molecule is C=C(Nc1ccc(-c2cc3c([nH]2)NSN=C3N(CC)CCOC)cc1)N1CCN(C2CCNCC2)CC1. The van der Waals surface area contributed by atoms with Gasteiger partial charge in [-0.05, 0) is 56.6 Å². The van der Waals surface area contributed by atoms with E-state index in [0.717, 1.165) is 98.4 Å². The zero-order valence-electron chi connectivity index (χ0n) is 22.1. The van der Waals surface area contributed by atoms with Crippen molar-refractivity contribution in [1.29, 1.82) is 0 Å². The molecule has 0 atom stereocenters. The topological polar surface area (TPSA) is 83.2 Å². The van der Waals surface area contributed by atoms with E-state index in [2.05, 4.69) is 83.3 Å². The van der Waals surface area contributed by atoms with Crippen molar-refractivity contribution in [3.05, 3.63) is 48.3 Å². The van der Waals surface area contributed by atoms with Crippen LogP contribution in [0.25, 0.3) is 11.3 Å². The second kappa shape index (κ2) is 12.3. The van der Waals surface area contributed by atoms with E-state index in [1.807, 2.05) is 0 Å². The van der Waals surface area contributed by atoms with Gasteiger partial charge in [-0.15, -0.1) is 0 Å². The molecular formula is C27H40N8OS. The third-order valence-electron chi connectivity index (χ3n) is 7.59. The molecule has 0 aliphatic carbocycles. The van der Waals surface area contributed by atoms with Gasteiger partial charge in [0, 0.05) is 63.8 Å². The lowest BCUT2D eigenvalue weighted by molar-refractivity contribution is 0.0987. The van der Waals surface area contributed by atoms with E-state index >= 15 is 0 Å². The number of piperazine rings is 1. The number of methoxy groups -OCH3 is 1. The summed E-state index contributed by atoms with van der Waals surface area (Å²) in [6.45, 7) is 15.4. The predicted molar refractivity (Wildman–Crippen MR) is 155 cm³/mol. The molecule has 0 radical (unpaired) electrons. The Hall–Kier alpha value is -2.66. The normalized spacial score (nSPS) is 18.6. The van der Waals surface area contributed by atoms with Gasteiger partial charge >= 0.3 is 0 Å². The third-order valence-corrected chi connectivity index (χ3v) is 8.15. The van der Waals surface area contributed by atoms with Gasteiger partial charge in [-0.1, -0.05) is 18.7 Å². The highest BCUT2D eigenvalue weighted by molar-refractivity contribution is 7.99. The van der Waals surface area contributed by atoms with Crippen molar-refractivity contribution in [2.24, 2.45) is 4.40 Å². The number of aromatic amines is 1. The van der Waals surface area contributed by atoms with Crippen molar-refractivity contribution in [3.63, 3.8) is 0 Å². The molecule has 10 heteroatoms. The Balaban J connectivity index is 1.18. The maximum Gasteiger partial charge on any atom is 0.149 e. The standard InChI is InChI=1S/C27H40N8OS/c1-4-33(17-18-36-3)27-24-19-25(30-26(24)31-37-32-27)21-5-7-22(8-6-21)29-20(2)34-13-15-35(16-14-34)23-9-11-28-12-10-23/h5-8,19,23,28-31H,2,4,9-18H2,1,3H3. The lowest BCUT2D eigenvalue weighted by Gasteiger charge is -2.42. The average molecular weight is 525 g/mol. The van der Waals surface area contributed by atoms with Crippen LogP contribution in [0.2, 0.25) is 0 Å². The van der Waals surface area contributed by atoms with Crippen LogP contribution in [-0.4, -0.2) is 97.6 Å². The Bertz CT molecular complexity index is 1070. The van der Waals surface area contributed by atoms with E-state index in [4.69, 9.17) is 4.74 Å². The number of hydrogen-bond acceptors (Lipinski definition) is 9. The van der Waals surface area contributed by atoms with Crippen LogP contribution in [0.15, 0.2) is 47.1 Å². The number of likely N-dealkylation sites (N-methyl/N-ethyl adjacent to an activating group) is 1. The Morgan fingerprint density at radius 3 is 2.65 bits per heavy atom. The number of piperidine rings is 1. The van der Waals surface area contributed by atoms with Gasteiger partial charge in [-0.2, -0.15) is 4.40 Å². The second-order valence-corrected chi connectivity index (χ2v) is 10.4. The first kappa shape index (κ1) is 26.0. The predicted octanol–water partition coefficient (Wildman–Crippen LogP) is 3.64. The van der Waals surface area contributed by atoms with E-state index < -0.39 is 0 Å². The van der Waals surface area contributed by atoms with Crippen LogP contribution >= 0.6 is 12.1 Å². The molecule has 4 heterocycles. The van der Waals surface area contributed by atoms with Crippen LogP contribution in [0.5, 0.6) is 0 Å². The number of H-pyrrole nitrogens is 1. The summed E-state index contributed by atoms with van der Waals surface area (Å²) in [6.07, 6.45) is 2.53. The number of nitrogens with zero attached hydrogens (tertiary/aromatic N) is 4. The molecule has 5 rings (SSSR count). The maximum absolute atomic E-state index is 5.29. The summed E-state index contributed by atoms with van der Waals surface area (Å²) in [5.41, 5.74) is 4.34. The van der Waals surface area contributed by atoms with Gasteiger partial charge in [0.1, 0.15) is 11.7 Å². The molecule has 3 aliphatic rings. The number of anilines is 2. The number of amidine groups is 1. The molecular weight excluding hydrogens is 484 g/mol. The molecule has 0 unspecified atom stereocenters. The van der Waals surface area contributed by atoms with Gasteiger partial charge in [0.15, 0.2) is 0 Å². The van der Waals surface area contributed by atoms with Crippen LogP contribution < -0.4 is 15.4 Å². The average Bonchev–Trinajstić information content (AvgIpc) is 3.39. The molecule has 0 bridgehead atoms. The first-order valence-electron chi connectivity index (χ1n) is 13.4. The second-order valence-electron chi connectivity index (χ2n) is 9.81. The number of rotatable bonds is 9. The zero-order chi connectivity index (χ0) is 25.6. The fraction of sp³-hybridized carbons (Fsp3) is 0.519. The molecule has 3 aliphatic heterocycles. The fourth-order valence-electron chi connectivity index (χ4n) is 5.38. The summed E-state index contributed by atoms with van der Waals surface area (Å²) >= 11 is 1.36. The van der Waals surface area contributed by atoms with Gasteiger partial charge in [-0.25, -0.2) is 0 Å². The summed E-state index contributed by atoms with van der Waals surface area (Å²) in [6, 6.07) is 11.5. The first-order chi connectivity index (χ1) is 18.2. The van der Waals surface area contributed by atoms with Crippen molar-refractivity contribution in [3.8, 4) is 11.3 Å². The van der Waals surface area contributed by atoms with Crippen LogP contribution in [0.4, 0.5) is 11.5 Å². The number of ether oxygens (including phenoxy) is 1. The lowest BCUT2D eigenvalue weighted by atomic mass is 10.0. The molecule has 0 spiro atoms. The van der Waals surface area contributed by atoms with E-state index in [1.165, 1.54) is 25.0 Å². The van der Waals surface area contributed by atoms with Crippen LogP contribution in [0, 0.1) is 0 Å². The van der Waals surface area contributed by atoms with E-state index in [0.29, 0.717) is 6.61 Å². The first-order valence-corrected chi connectivity index (χ1v) is 14.2. The number of nitrogens with one attached hydrogen (secondary N) is 4. The van der Waals surface area contributed by atoms with Crippen molar-refractivity contribution >= 4 is 29.5 Å². The fourth-order valence-corrected chi connectivity index (χ4v) is 5.98. The molecule has 0 amide bonds. The highest BCUT2D eigenvalue weighted by atomic mass is 32.2. The minimum atomic E-state index is 0.672. The molecule has 9 nitrogen and oxygen atoms in total. The van der Waals surface area contributed by atoms with Gasteiger partial charge in [0.25, 0.3) is 0 Å². The molecule has 0 saturated carbocycles. The minimum absolute atomic E-state index is 0.672. The Kier molecular flexibility index (Phi) is 8.60. The molecule has 37 heavy (non-hydrogen) atoms. The maximum atomic E-state index is 5.29. The summed E-state index contributed by atoms with van der Waals surface area (Å²) in [7, 11) is 1.73. The highest BCUT2D eigenvalue weighted by Gasteiger charge is 2.26. The van der Waals surface area contributed by atoms with Crippen LogP contribution in [0.3, 0.4) is 0 Å². The van der Waals surface area contributed by atoms with E-state index in [9.17, 15) is 0 Å². The lowest BCUT2D eigenvalue weighted by Crippen LogP contribution is -2.52. The number of benzene rings is 1. The molecule has 1 aromatic heterocycles. The summed E-state index contributed by atoms with van der Waals surface area (Å²) in [5, 5.41) is 6.99. The van der Waals surface area contributed by atoms with E-state index in [1.54, 1.807) is 7.11 Å². The summed E-state index contributed by atoms with van der Waals surface area (Å²) in [4.78, 5) is 10.8. The van der Waals surface area contributed by atoms with Crippen LogP contribution in [-0.2, 0) is 4.74 Å². The summed E-state index contributed by atoms with van der Waals surface area (Å²) < 4.78 is 13.3. The smallest absolute Gasteiger partial charge is 0.149 e. The van der Waals surface area contributed by atoms with E-state index in [-0.39, 0.29) is 0 Å². The van der Waals surface area contributed by atoms with Crippen molar-refractivity contribution in [2.75, 3.05) is 76.1 Å². The van der Waals surface area contributed by atoms with Crippen LogP contribution in [0.1, 0.15) is 25.3 Å². The Morgan fingerprint density at radius 2 is 1.95 bits per heavy atom. The Morgan fingerprint density at radius 1 is 1.19 bits per heavy atom. The number of hydrogen-bond donors (Lipinski definition) is 4. The van der Waals surface area contributed by atoms with Crippen molar-refractivity contribution in [2.45, 2.75) is 25.8 Å². The van der Waals surface area contributed by atoms with Gasteiger partial charge in [0.05, 0.1) is 30.1 Å². The zero-order valence-corrected chi connectivity index (χ0v) is 22.9. The molecule has 2 aromatic rings. The van der Waals surface area contributed by atoms with Gasteiger partial charge in [-0.3, -0.25) is 9.62 Å². The largest absolute Gasteiger partial charge is 0.383 e. The summed E-state index contributed by atoms with van der Waals surface area (Å²) in [5.74, 6) is 2.95. The third kappa shape index (κ3) is 6.09. The monoisotopic (exact) mass is 524 g/mol. The number of fused-ring (bicyclic) bond motifs is 1. The highest BCUT2D eigenvalue weighted by Crippen LogP contribution is 2.32. The van der Waals surface area contributed by atoms with Crippen molar-refractivity contribution < 1.29 is 4.74 Å². The molecule has 1 aromatic carbocycles. The van der Waals surface area contributed by atoms with Gasteiger partial charge < -0.3 is 30.2 Å². The quantitative estimate of drug-likeness (QED) is 0.370. The number of aromatic nitrogens is 1. The minimum Gasteiger partial charge on any atom is -0.383 e. The molecule has 200 valence electrons. The Labute approximate surface area is 225 Å². The van der Waals surface area contributed by atoms with Crippen molar-refractivity contribution in [1.82, 2.24) is 25.0 Å².